The Morgan fingerprint density at radius 1 is 1.26 bits per heavy atom. The molecule has 0 aliphatic rings. The van der Waals surface area contributed by atoms with Gasteiger partial charge in [-0.1, -0.05) is 26.0 Å². The van der Waals surface area contributed by atoms with Crippen molar-refractivity contribution in [3.63, 3.8) is 0 Å². The summed E-state index contributed by atoms with van der Waals surface area (Å²) < 4.78 is 29.7. The number of ether oxygens (including phenoxy) is 1. The van der Waals surface area contributed by atoms with Crippen LogP contribution in [-0.4, -0.2) is 27.8 Å². The SMILES string of the molecule is COc1ccccc1S(=O)(=O)CCCC(C)(C)CN. The molecular formula is C14H23NO3S. The molecule has 0 aromatic heterocycles. The predicted molar refractivity (Wildman–Crippen MR) is 77.1 cm³/mol. The smallest absolute Gasteiger partial charge is 0.182 e. The van der Waals surface area contributed by atoms with Gasteiger partial charge in [-0.15, -0.1) is 0 Å². The molecule has 0 bridgehead atoms. The van der Waals surface area contributed by atoms with Crippen LogP contribution in [0, 0.1) is 5.41 Å². The molecule has 0 aliphatic heterocycles. The number of hydrogen-bond acceptors (Lipinski definition) is 4. The van der Waals surface area contributed by atoms with Gasteiger partial charge in [0, 0.05) is 0 Å². The van der Waals surface area contributed by atoms with Crippen molar-refractivity contribution in [2.75, 3.05) is 19.4 Å². The molecular weight excluding hydrogens is 262 g/mol. The molecule has 1 rings (SSSR count). The highest BCUT2D eigenvalue weighted by atomic mass is 32.2. The third-order valence-electron chi connectivity index (χ3n) is 3.22. The first-order chi connectivity index (χ1) is 8.82. The van der Waals surface area contributed by atoms with Crippen molar-refractivity contribution in [3.05, 3.63) is 24.3 Å². The fraction of sp³-hybridized carbons (Fsp3) is 0.571. The Balaban J connectivity index is 2.77. The zero-order chi connectivity index (χ0) is 14.5. The molecule has 1 aromatic rings. The molecule has 0 atom stereocenters. The highest BCUT2D eigenvalue weighted by Crippen LogP contribution is 2.26. The zero-order valence-corrected chi connectivity index (χ0v) is 12.7. The molecule has 1 aromatic carbocycles. The lowest BCUT2D eigenvalue weighted by molar-refractivity contribution is 0.344. The Labute approximate surface area is 115 Å². The third-order valence-corrected chi connectivity index (χ3v) is 5.06. The summed E-state index contributed by atoms with van der Waals surface area (Å²) in [5.41, 5.74) is 5.63. The summed E-state index contributed by atoms with van der Waals surface area (Å²) in [6.07, 6.45) is 1.39. The molecule has 0 aliphatic carbocycles. The summed E-state index contributed by atoms with van der Waals surface area (Å²) >= 11 is 0. The van der Waals surface area contributed by atoms with E-state index in [1.54, 1.807) is 24.3 Å². The van der Waals surface area contributed by atoms with Gasteiger partial charge in [0.15, 0.2) is 9.84 Å². The largest absolute Gasteiger partial charge is 0.495 e. The van der Waals surface area contributed by atoms with Gasteiger partial charge < -0.3 is 10.5 Å². The van der Waals surface area contributed by atoms with E-state index < -0.39 is 9.84 Å². The van der Waals surface area contributed by atoms with E-state index in [4.69, 9.17) is 10.5 Å². The Morgan fingerprint density at radius 3 is 2.47 bits per heavy atom. The average molecular weight is 285 g/mol. The second-order valence-electron chi connectivity index (χ2n) is 5.44. The molecule has 4 nitrogen and oxygen atoms in total. The van der Waals surface area contributed by atoms with E-state index in [0.717, 1.165) is 6.42 Å². The predicted octanol–water partition coefficient (Wildman–Crippen LogP) is 2.23. The molecule has 5 heteroatoms. The molecule has 0 fully saturated rings. The second-order valence-corrected chi connectivity index (χ2v) is 7.52. The second kappa shape index (κ2) is 6.39. The van der Waals surface area contributed by atoms with Crippen LogP contribution in [0.1, 0.15) is 26.7 Å². The molecule has 0 saturated carbocycles. The van der Waals surface area contributed by atoms with E-state index >= 15 is 0 Å². The minimum absolute atomic E-state index is 0.0176. The normalized spacial score (nSPS) is 12.4. The van der Waals surface area contributed by atoms with Crippen molar-refractivity contribution in [2.24, 2.45) is 11.1 Å². The van der Waals surface area contributed by atoms with Gasteiger partial charge in [0.2, 0.25) is 0 Å². The summed E-state index contributed by atoms with van der Waals surface area (Å²) in [7, 11) is -1.82. The molecule has 0 spiro atoms. The van der Waals surface area contributed by atoms with Crippen molar-refractivity contribution in [3.8, 4) is 5.75 Å². The average Bonchev–Trinajstić information content (AvgIpc) is 2.38. The summed E-state index contributed by atoms with van der Waals surface area (Å²) in [6.45, 7) is 4.65. The van der Waals surface area contributed by atoms with Crippen LogP contribution in [0.5, 0.6) is 5.75 Å². The standard InChI is InChI=1S/C14H23NO3S/c1-14(2,11-15)9-6-10-19(16,17)13-8-5-4-7-12(13)18-3/h4-5,7-8H,6,9-11,15H2,1-3H3. The summed E-state index contributed by atoms with van der Waals surface area (Å²) in [6, 6.07) is 6.72. The number of nitrogens with two attached hydrogens (primary N) is 1. The zero-order valence-electron chi connectivity index (χ0n) is 11.8. The maximum absolute atomic E-state index is 12.3. The molecule has 19 heavy (non-hydrogen) atoms. The van der Waals surface area contributed by atoms with Gasteiger partial charge in [-0.3, -0.25) is 0 Å². The van der Waals surface area contributed by atoms with Crippen LogP contribution >= 0.6 is 0 Å². The van der Waals surface area contributed by atoms with Crippen molar-refractivity contribution in [1.29, 1.82) is 0 Å². The Hall–Kier alpha value is -1.07. The highest BCUT2D eigenvalue weighted by Gasteiger charge is 2.21. The monoisotopic (exact) mass is 285 g/mol. The first-order valence-corrected chi connectivity index (χ1v) is 8.03. The van der Waals surface area contributed by atoms with Crippen LogP contribution in [0.25, 0.3) is 0 Å². The van der Waals surface area contributed by atoms with Crippen LogP contribution in [0.2, 0.25) is 0 Å². The van der Waals surface area contributed by atoms with E-state index in [9.17, 15) is 8.42 Å². The van der Waals surface area contributed by atoms with Crippen molar-refractivity contribution in [1.82, 2.24) is 0 Å². The van der Waals surface area contributed by atoms with Gasteiger partial charge in [-0.2, -0.15) is 0 Å². The van der Waals surface area contributed by atoms with Crippen LogP contribution in [0.15, 0.2) is 29.2 Å². The van der Waals surface area contributed by atoms with Gasteiger partial charge >= 0.3 is 0 Å². The molecule has 0 heterocycles. The van der Waals surface area contributed by atoms with E-state index in [1.165, 1.54) is 7.11 Å². The summed E-state index contributed by atoms with van der Waals surface area (Å²) in [5.74, 6) is 0.525. The number of methoxy groups -OCH3 is 1. The van der Waals surface area contributed by atoms with Crippen molar-refractivity contribution in [2.45, 2.75) is 31.6 Å². The maximum Gasteiger partial charge on any atom is 0.182 e. The Kier molecular flexibility index (Phi) is 5.38. The number of hydrogen-bond donors (Lipinski definition) is 1. The van der Waals surface area contributed by atoms with Crippen LogP contribution in [-0.2, 0) is 9.84 Å². The van der Waals surface area contributed by atoms with Crippen molar-refractivity contribution >= 4 is 9.84 Å². The first kappa shape index (κ1) is 16.0. The van der Waals surface area contributed by atoms with Gasteiger partial charge in [0.25, 0.3) is 0 Å². The first-order valence-electron chi connectivity index (χ1n) is 6.38. The number of benzene rings is 1. The van der Waals surface area contributed by atoms with Crippen molar-refractivity contribution < 1.29 is 13.2 Å². The molecule has 0 saturated heterocycles. The number of sulfone groups is 1. The van der Waals surface area contributed by atoms with Crippen LogP contribution < -0.4 is 10.5 Å². The minimum Gasteiger partial charge on any atom is -0.495 e. The molecule has 0 unspecified atom stereocenters. The number of rotatable bonds is 7. The fourth-order valence-electron chi connectivity index (χ4n) is 1.83. The molecule has 0 amide bonds. The number of para-hydroxylation sites is 1. The third kappa shape index (κ3) is 4.51. The lowest BCUT2D eigenvalue weighted by Gasteiger charge is -2.21. The molecule has 108 valence electrons. The fourth-order valence-corrected chi connectivity index (χ4v) is 3.32. The maximum atomic E-state index is 12.3. The lowest BCUT2D eigenvalue weighted by Crippen LogP contribution is -2.24. The van der Waals surface area contributed by atoms with Gasteiger partial charge in [0.05, 0.1) is 12.9 Å². The van der Waals surface area contributed by atoms with Gasteiger partial charge in [-0.25, -0.2) is 8.42 Å². The van der Waals surface area contributed by atoms with Crippen LogP contribution in [0.4, 0.5) is 0 Å². The quantitative estimate of drug-likeness (QED) is 0.834. The Morgan fingerprint density at radius 2 is 1.89 bits per heavy atom. The van der Waals surface area contributed by atoms with Gasteiger partial charge in [-0.05, 0) is 36.9 Å². The lowest BCUT2D eigenvalue weighted by atomic mass is 9.88. The van der Waals surface area contributed by atoms with Gasteiger partial charge in [0.1, 0.15) is 10.6 Å². The topological polar surface area (TPSA) is 69.4 Å². The highest BCUT2D eigenvalue weighted by molar-refractivity contribution is 7.91. The van der Waals surface area contributed by atoms with E-state index in [-0.39, 0.29) is 16.1 Å². The van der Waals surface area contributed by atoms with E-state index in [0.29, 0.717) is 18.7 Å². The van der Waals surface area contributed by atoms with Crippen LogP contribution in [0.3, 0.4) is 0 Å². The molecule has 0 radical (unpaired) electrons. The summed E-state index contributed by atoms with van der Waals surface area (Å²) in [4.78, 5) is 0.267. The van der Waals surface area contributed by atoms with E-state index in [1.807, 2.05) is 13.8 Å². The molecule has 2 N–H and O–H groups in total. The summed E-state index contributed by atoms with van der Waals surface area (Å²) in [5, 5.41) is 0. The van der Waals surface area contributed by atoms with E-state index in [2.05, 4.69) is 0 Å². The Bertz CT molecular complexity index is 509. The minimum atomic E-state index is -3.30.